The number of nitrogens with zero attached hydrogens (tertiary/aromatic N) is 2. The van der Waals surface area contributed by atoms with Crippen LogP contribution in [0.4, 0.5) is 0 Å². The van der Waals surface area contributed by atoms with E-state index in [4.69, 9.17) is 9.52 Å². The molecular weight excluding hydrogens is 312 g/mol. The zero-order chi connectivity index (χ0) is 13.4. The number of carboxylic acid groups (broad SMARTS) is 1. The van der Waals surface area contributed by atoms with Crippen molar-refractivity contribution in [3.63, 3.8) is 0 Å². The third-order valence-corrected chi connectivity index (χ3v) is 3.05. The summed E-state index contributed by atoms with van der Waals surface area (Å²) < 4.78 is 6.39. The molecule has 6 heteroatoms. The molecule has 0 aliphatic carbocycles. The van der Waals surface area contributed by atoms with Gasteiger partial charge >= 0.3 is 5.97 Å². The van der Waals surface area contributed by atoms with Crippen molar-refractivity contribution in [1.82, 2.24) is 9.97 Å². The quantitative estimate of drug-likeness (QED) is 0.784. The number of pyridine rings is 1. The number of halogens is 1. The van der Waals surface area contributed by atoms with Gasteiger partial charge in [-0.25, -0.2) is 9.78 Å². The maximum absolute atomic E-state index is 10.9. The Balaban J connectivity index is 2.11. The first-order valence-electron chi connectivity index (χ1n) is 5.39. The van der Waals surface area contributed by atoms with Crippen molar-refractivity contribution in [2.24, 2.45) is 0 Å². The van der Waals surface area contributed by atoms with Crippen LogP contribution >= 0.6 is 15.9 Å². The largest absolute Gasteiger partial charge is 0.478 e. The molecule has 0 unspecified atom stereocenters. The van der Waals surface area contributed by atoms with Crippen molar-refractivity contribution in [2.75, 3.05) is 0 Å². The summed E-state index contributed by atoms with van der Waals surface area (Å²) in [5.74, 6) is -0.633. The molecule has 0 bridgehead atoms. The van der Waals surface area contributed by atoms with E-state index in [1.54, 1.807) is 18.3 Å². The smallest absolute Gasteiger partial charge is 0.335 e. The van der Waals surface area contributed by atoms with Crippen LogP contribution in [0.25, 0.3) is 22.7 Å². The number of carboxylic acids is 1. The van der Waals surface area contributed by atoms with E-state index in [1.165, 1.54) is 12.1 Å². The highest BCUT2D eigenvalue weighted by atomic mass is 79.9. The number of oxazole rings is 1. The molecule has 0 aliphatic heterocycles. The Morgan fingerprint density at radius 2 is 2.11 bits per heavy atom. The average Bonchev–Trinajstić information content (AvgIpc) is 2.82. The predicted octanol–water partition coefficient (Wildman–Crippen LogP) is 3.35. The summed E-state index contributed by atoms with van der Waals surface area (Å²) in [6.07, 6.45) is 1.65. The minimum absolute atomic E-state index is 0.166. The zero-order valence-corrected chi connectivity index (χ0v) is 11.1. The van der Waals surface area contributed by atoms with Gasteiger partial charge in [-0.1, -0.05) is 0 Å². The van der Waals surface area contributed by atoms with Crippen molar-refractivity contribution in [1.29, 1.82) is 0 Å². The fourth-order valence-electron chi connectivity index (χ4n) is 1.67. The fraction of sp³-hybridized carbons (Fsp3) is 0. The predicted molar refractivity (Wildman–Crippen MR) is 71.9 cm³/mol. The molecule has 0 fully saturated rings. The lowest BCUT2D eigenvalue weighted by atomic mass is 10.2. The number of rotatable bonds is 2. The van der Waals surface area contributed by atoms with Crippen molar-refractivity contribution >= 4 is 33.0 Å². The van der Waals surface area contributed by atoms with Gasteiger partial charge < -0.3 is 9.52 Å². The van der Waals surface area contributed by atoms with E-state index in [-0.39, 0.29) is 5.56 Å². The second kappa shape index (κ2) is 4.47. The van der Waals surface area contributed by atoms with Gasteiger partial charge in [-0.05, 0) is 46.3 Å². The molecule has 0 saturated heterocycles. The Labute approximate surface area is 116 Å². The van der Waals surface area contributed by atoms with E-state index >= 15 is 0 Å². The van der Waals surface area contributed by atoms with Crippen molar-refractivity contribution in [3.8, 4) is 11.6 Å². The molecule has 19 heavy (non-hydrogen) atoms. The summed E-state index contributed by atoms with van der Waals surface area (Å²) in [4.78, 5) is 19.3. The van der Waals surface area contributed by atoms with Gasteiger partial charge in [-0.3, -0.25) is 4.98 Å². The normalized spacial score (nSPS) is 10.8. The zero-order valence-electron chi connectivity index (χ0n) is 9.50. The van der Waals surface area contributed by atoms with Crippen LogP contribution in [0.2, 0.25) is 0 Å². The van der Waals surface area contributed by atoms with Crippen molar-refractivity contribution in [2.45, 2.75) is 0 Å². The van der Waals surface area contributed by atoms with Gasteiger partial charge in [-0.2, -0.15) is 0 Å². The van der Waals surface area contributed by atoms with Gasteiger partial charge in [0.05, 0.1) is 5.56 Å². The average molecular weight is 319 g/mol. The topological polar surface area (TPSA) is 76.2 Å². The number of aromatic carboxylic acids is 1. The highest BCUT2D eigenvalue weighted by molar-refractivity contribution is 9.10. The van der Waals surface area contributed by atoms with Gasteiger partial charge in [0.25, 0.3) is 0 Å². The van der Waals surface area contributed by atoms with Gasteiger partial charge in [0.15, 0.2) is 5.58 Å². The highest BCUT2D eigenvalue weighted by Crippen LogP contribution is 2.24. The van der Waals surface area contributed by atoms with E-state index in [1.807, 2.05) is 6.07 Å². The molecule has 1 aromatic carbocycles. The minimum Gasteiger partial charge on any atom is -0.478 e. The van der Waals surface area contributed by atoms with Gasteiger partial charge in [-0.15, -0.1) is 0 Å². The third kappa shape index (κ3) is 2.22. The van der Waals surface area contributed by atoms with Gasteiger partial charge in [0.1, 0.15) is 11.2 Å². The molecular formula is C13H7BrN2O3. The van der Waals surface area contributed by atoms with Crippen molar-refractivity contribution in [3.05, 3.63) is 46.6 Å². The molecule has 0 atom stereocenters. The minimum atomic E-state index is -0.999. The lowest BCUT2D eigenvalue weighted by Gasteiger charge is -1.93. The Morgan fingerprint density at radius 1 is 1.26 bits per heavy atom. The summed E-state index contributed by atoms with van der Waals surface area (Å²) in [5, 5.41) is 8.92. The summed E-state index contributed by atoms with van der Waals surface area (Å²) in [5.41, 5.74) is 1.79. The monoisotopic (exact) mass is 318 g/mol. The second-order valence-corrected chi connectivity index (χ2v) is 4.78. The number of aromatic nitrogens is 2. The maximum Gasteiger partial charge on any atom is 0.335 e. The van der Waals surface area contributed by atoms with Gasteiger partial charge in [0.2, 0.25) is 5.89 Å². The van der Waals surface area contributed by atoms with Crippen molar-refractivity contribution < 1.29 is 14.3 Å². The summed E-state index contributed by atoms with van der Waals surface area (Å²) in [6, 6.07) is 8.16. The highest BCUT2D eigenvalue weighted by Gasteiger charge is 2.11. The fourth-order valence-corrected chi connectivity index (χ4v) is 1.90. The number of carbonyl (C=O) groups is 1. The molecule has 0 saturated carbocycles. The van der Waals surface area contributed by atoms with E-state index in [0.29, 0.717) is 22.7 Å². The summed E-state index contributed by atoms with van der Waals surface area (Å²) in [6.45, 7) is 0. The first kappa shape index (κ1) is 11.9. The van der Waals surface area contributed by atoms with Crippen LogP contribution in [0, 0.1) is 0 Å². The van der Waals surface area contributed by atoms with E-state index in [2.05, 4.69) is 25.9 Å². The molecule has 5 nitrogen and oxygen atoms in total. The van der Waals surface area contributed by atoms with Crippen LogP contribution in [0.5, 0.6) is 0 Å². The molecule has 2 heterocycles. The third-order valence-electron chi connectivity index (χ3n) is 2.58. The SMILES string of the molecule is O=C(O)c1ccc2nc(-c3ccc(Br)cn3)oc2c1. The number of benzene rings is 1. The van der Waals surface area contributed by atoms with Crippen LogP contribution in [-0.2, 0) is 0 Å². The lowest BCUT2D eigenvalue weighted by molar-refractivity contribution is 0.0697. The summed E-state index contributed by atoms with van der Waals surface area (Å²) >= 11 is 3.30. The molecule has 0 spiro atoms. The number of hydrogen-bond donors (Lipinski definition) is 1. The summed E-state index contributed by atoms with van der Waals surface area (Å²) in [7, 11) is 0. The molecule has 94 valence electrons. The molecule has 3 aromatic rings. The molecule has 0 radical (unpaired) electrons. The van der Waals surface area contributed by atoms with Crippen LogP contribution in [0.1, 0.15) is 10.4 Å². The Kier molecular flexibility index (Phi) is 2.79. The lowest BCUT2D eigenvalue weighted by Crippen LogP contribution is -1.94. The number of fused-ring (bicyclic) bond motifs is 1. The first-order chi connectivity index (χ1) is 9.13. The molecule has 3 rings (SSSR count). The Hall–Kier alpha value is -2.21. The molecule has 2 aromatic heterocycles. The van der Waals surface area contributed by atoms with Crippen LogP contribution < -0.4 is 0 Å². The van der Waals surface area contributed by atoms with E-state index < -0.39 is 5.97 Å². The molecule has 1 N–H and O–H groups in total. The Morgan fingerprint density at radius 3 is 2.79 bits per heavy atom. The molecule has 0 aliphatic rings. The standard InChI is InChI=1S/C13H7BrN2O3/c14-8-2-4-10(15-6-8)12-16-9-3-1-7(13(17)18)5-11(9)19-12/h1-6H,(H,17,18). The number of hydrogen-bond acceptors (Lipinski definition) is 4. The Bertz CT molecular complexity index is 765. The van der Waals surface area contributed by atoms with E-state index in [0.717, 1.165) is 4.47 Å². The first-order valence-corrected chi connectivity index (χ1v) is 6.18. The maximum atomic E-state index is 10.9. The second-order valence-electron chi connectivity index (χ2n) is 3.87. The van der Waals surface area contributed by atoms with Crippen LogP contribution in [-0.4, -0.2) is 21.0 Å². The van der Waals surface area contributed by atoms with Gasteiger partial charge in [0, 0.05) is 10.7 Å². The van der Waals surface area contributed by atoms with E-state index in [9.17, 15) is 4.79 Å². The van der Waals surface area contributed by atoms with Crippen LogP contribution in [0.15, 0.2) is 45.4 Å². The molecule has 0 amide bonds. The van der Waals surface area contributed by atoms with Crippen LogP contribution in [0.3, 0.4) is 0 Å².